The Morgan fingerprint density at radius 2 is 1.88 bits per heavy atom. The Balaban J connectivity index is 1.35. The van der Waals surface area contributed by atoms with E-state index >= 15 is 0 Å². The molecule has 24 heavy (non-hydrogen) atoms. The zero-order valence-corrected chi connectivity index (χ0v) is 13.8. The summed E-state index contributed by atoms with van der Waals surface area (Å²) in [6.45, 7) is 0. The van der Waals surface area contributed by atoms with Crippen LogP contribution >= 0.6 is 0 Å². The number of carbonyl (C=O) groups excluding carboxylic acids is 1. The fourth-order valence-electron chi connectivity index (χ4n) is 4.10. The highest BCUT2D eigenvalue weighted by Crippen LogP contribution is 2.51. The first-order valence-corrected chi connectivity index (χ1v) is 8.90. The van der Waals surface area contributed by atoms with Crippen LogP contribution in [0.5, 0.6) is 0 Å². The van der Waals surface area contributed by atoms with Crippen LogP contribution in [-0.4, -0.2) is 22.3 Å². The molecule has 0 saturated heterocycles. The first kappa shape index (κ1) is 15.2. The standard InChI is InChI=1S/C19H24N4O/c24-18(21-15-7-11-19(12-8-15)9-4-10-19)22-16-13-20-23-17(16)14-5-2-1-3-6-14/h1-3,5-6,13,15H,4,7-12H2,(H,20,23)(H2,21,22,24). The first-order chi connectivity index (χ1) is 11.7. The molecule has 5 nitrogen and oxygen atoms in total. The van der Waals surface area contributed by atoms with E-state index in [2.05, 4.69) is 20.8 Å². The van der Waals surface area contributed by atoms with E-state index in [1.54, 1.807) is 6.20 Å². The number of nitrogens with zero attached hydrogens (tertiary/aromatic N) is 1. The molecule has 5 heteroatoms. The van der Waals surface area contributed by atoms with Crippen LogP contribution in [0.1, 0.15) is 44.9 Å². The lowest BCUT2D eigenvalue weighted by Gasteiger charge is -2.47. The highest BCUT2D eigenvalue weighted by Gasteiger charge is 2.40. The van der Waals surface area contributed by atoms with Crippen LogP contribution in [0.4, 0.5) is 10.5 Å². The fourth-order valence-corrected chi connectivity index (χ4v) is 4.10. The van der Waals surface area contributed by atoms with Gasteiger partial charge in [-0.25, -0.2) is 4.79 Å². The summed E-state index contributed by atoms with van der Waals surface area (Å²) in [6.07, 6.45) is 10.6. The predicted molar refractivity (Wildman–Crippen MR) is 94.7 cm³/mol. The summed E-state index contributed by atoms with van der Waals surface area (Å²) in [5, 5.41) is 13.1. The molecule has 1 spiro atoms. The predicted octanol–water partition coefficient (Wildman–Crippen LogP) is 4.31. The number of amides is 2. The van der Waals surface area contributed by atoms with Gasteiger partial charge in [-0.05, 0) is 43.9 Å². The third kappa shape index (κ3) is 3.03. The van der Waals surface area contributed by atoms with Gasteiger partial charge in [0.1, 0.15) is 0 Å². The molecule has 2 saturated carbocycles. The molecule has 126 valence electrons. The smallest absolute Gasteiger partial charge is 0.319 e. The Bertz CT molecular complexity index is 695. The van der Waals surface area contributed by atoms with E-state index in [9.17, 15) is 4.79 Å². The number of rotatable bonds is 3. The van der Waals surface area contributed by atoms with Crippen LogP contribution in [0.3, 0.4) is 0 Å². The van der Waals surface area contributed by atoms with Gasteiger partial charge in [-0.3, -0.25) is 5.10 Å². The average molecular weight is 324 g/mol. The van der Waals surface area contributed by atoms with Crippen LogP contribution in [0.15, 0.2) is 36.5 Å². The maximum absolute atomic E-state index is 12.3. The lowest BCUT2D eigenvalue weighted by molar-refractivity contribution is 0.0661. The van der Waals surface area contributed by atoms with E-state index < -0.39 is 0 Å². The van der Waals surface area contributed by atoms with Crippen molar-refractivity contribution in [2.45, 2.75) is 51.0 Å². The van der Waals surface area contributed by atoms with Gasteiger partial charge in [0.05, 0.1) is 17.6 Å². The highest BCUT2D eigenvalue weighted by molar-refractivity contribution is 5.93. The highest BCUT2D eigenvalue weighted by atomic mass is 16.2. The third-order valence-electron chi connectivity index (χ3n) is 5.75. The normalized spacial score (nSPS) is 19.7. The van der Waals surface area contributed by atoms with Crippen molar-refractivity contribution in [1.29, 1.82) is 0 Å². The van der Waals surface area contributed by atoms with Crippen molar-refractivity contribution >= 4 is 11.7 Å². The second kappa shape index (κ2) is 6.30. The van der Waals surface area contributed by atoms with Crippen molar-refractivity contribution in [3.63, 3.8) is 0 Å². The van der Waals surface area contributed by atoms with Gasteiger partial charge in [0.25, 0.3) is 0 Å². The number of aromatic nitrogens is 2. The van der Waals surface area contributed by atoms with Gasteiger partial charge in [-0.1, -0.05) is 36.8 Å². The van der Waals surface area contributed by atoms with E-state index in [0.29, 0.717) is 17.1 Å². The van der Waals surface area contributed by atoms with Gasteiger partial charge < -0.3 is 10.6 Å². The Hall–Kier alpha value is -2.30. The lowest BCUT2D eigenvalue weighted by atomic mass is 9.60. The van der Waals surface area contributed by atoms with Crippen LogP contribution in [0.25, 0.3) is 11.3 Å². The molecule has 0 atom stereocenters. The van der Waals surface area contributed by atoms with E-state index in [1.807, 2.05) is 30.3 Å². The zero-order chi connectivity index (χ0) is 16.4. The molecule has 2 aliphatic rings. The van der Waals surface area contributed by atoms with Crippen molar-refractivity contribution < 1.29 is 4.79 Å². The Morgan fingerprint density at radius 3 is 2.54 bits per heavy atom. The molecule has 0 bridgehead atoms. The van der Waals surface area contributed by atoms with Crippen molar-refractivity contribution in [1.82, 2.24) is 15.5 Å². The average Bonchev–Trinajstić information content (AvgIpc) is 3.03. The Labute approximate surface area is 142 Å². The topological polar surface area (TPSA) is 69.8 Å². The minimum atomic E-state index is -0.136. The van der Waals surface area contributed by atoms with Crippen molar-refractivity contribution in [3.8, 4) is 11.3 Å². The third-order valence-corrected chi connectivity index (χ3v) is 5.75. The second-order valence-corrected chi connectivity index (χ2v) is 7.25. The quantitative estimate of drug-likeness (QED) is 0.787. The first-order valence-electron chi connectivity index (χ1n) is 8.90. The van der Waals surface area contributed by atoms with Crippen LogP contribution in [0, 0.1) is 5.41 Å². The number of hydrogen-bond donors (Lipinski definition) is 3. The van der Waals surface area contributed by atoms with Gasteiger partial charge in [-0.2, -0.15) is 5.10 Å². The van der Waals surface area contributed by atoms with E-state index in [0.717, 1.165) is 24.1 Å². The Kier molecular flexibility index (Phi) is 4.00. The summed E-state index contributed by atoms with van der Waals surface area (Å²) in [5.74, 6) is 0. The number of benzene rings is 1. The summed E-state index contributed by atoms with van der Waals surface area (Å²) in [5.41, 5.74) is 3.18. The van der Waals surface area contributed by atoms with E-state index in [1.165, 1.54) is 32.1 Å². The maximum Gasteiger partial charge on any atom is 0.319 e. The molecule has 2 aromatic rings. The number of carbonyl (C=O) groups is 1. The molecule has 2 fully saturated rings. The molecule has 2 aliphatic carbocycles. The van der Waals surface area contributed by atoms with Crippen LogP contribution < -0.4 is 10.6 Å². The largest absolute Gasteiger partial charge is 0.335 e. The van der Waals surface area contributed by atoms with Gasteiger partial charge in [0.2, 0.25) is 0 Å². The minimum absolute atomic E-state index is 0.136. The fraction of sp³-hybridized carbons (Fsp3) is 0.474. The number of H-pyrrole nitrogens is 1. The molecule has 0 radical (unpaired) electrons. The summed E-state index contributed by atoms with van der Waals surface area (Å²) in [4.78, 5) is 12.3. The maximum atomic E-state index is 12.3. The summed E-state index contributed by atoms with van der Waals surface area (Å²) in [6, 6.07) is 10.1. The molecule has 1 aromatic carbocycles. The molecule has 0 unspecified atom stereocenters. The van der Waals surface area contributed by atoms with Gasteiger partial charge in [0, 0.05) is 11.6 Å². The molecular weight excluding hydrogens is 300 g/mol. The van der Waals surface area contributed by atoms with Gasteiger partial charge in [0.15, 0.2) is 0 Å². The molecule has 3 N–H and O–H groups in total. The van der Waals surface area contributed by atoms with Crippen molar-refractivity contribution in [2.24, 2.45) is 5.41 Å². The molecule has 4 rings (SSSR count). The van der Waals surface area contributed by atoms with Crippen LogP contribution in [-0.2, 0) is 0 Å². The molecule has 0 aliphatic heterocycles. The van der Waals surface area contributed by atoms with Crippen LogP contribution in [0.2, 0.25) is 0 Å². The zero-order valence-electron chi connectivity index (χ0n) is 13.8. The Morgan fingerprint density at radius 1 is 1.12 bits per heavy atom. The SMILES string of the molecule is O=C(Nc1cn[nH]c1-c1ccccc1)NC1CCC2(CCC2)CC1. The molecule has 1 heterocycles. The number of nitrogens with one attached hydrogen (secondary N) is 3. The van der Waals surface area contributed by atoms with Gasteiger partial charge in [-0.15, -0.1) is 0 Å². The number of aromatic amines is 1. The van der Waals surface area contributed by atoms with Gasteiger partial charge >= 0.3 is 6.03 Å². The summed E-state index contributed by atoms with van der Waals surface area (Å²) >= 11 is 0. The van der Waals surface area contributed by atoms with E-state index in [4.69, 9.17) is 0 Å². The van der Waals surface area contributed by atoms with Crippen molar-refractivity contribution in [2.75, 3.05) is 5.32 Å². The summed E-state index contributed by atoms with van der Waals surface area (Å²) in [7, 11) is 0. The van der Waals surface area contributed by atoms with Crippen molar-refractivity contribution in [3.05, 3.63) is 36.5 Å². The van der Waals surface area contributed by atoms with E-state index in [-0.39, 0.29) is 6.03 Å². The molecule has 1 aromatic heterocycles. The molecule has 2 amide bonds. The number of hydrogen-bond acceptors (Lipinski definition) is 2. The second-order valence-electron chi connectivity index (χ2n) is 7.25. The summed E-state index contributed by atoms with van der Waals surface area (Å²) < 4.78 is 0. The monoisotopic (exact) mass is 324 g/mol. The lowest BCUT2D eigenvalue weighted by Crippen LogP contribution is -2.44. The molecular formula is C19H24N4O. The minimum Gasteiger partial charge on any atom is -0.335 e. The number of urea groups is 1. The number of anilines is 1.